The second-order valence-corrected chi connectivity index (χ2v) is 8.55. The molecule has 164 valence electrons. The summed E-state index contributed by atoms with van der Waals surface area (Å²) < 4.78 is 6.32. The number of benzene rings is 2. The maximum Gasteiger partial charge on any atom is 0.257 e. The van der Waals surface area contributed by atoms with Gasteiger partial charge in [0.1, 0.15) is 17.7 Å². The zero-order valence-corrected chi connectivity index (χ0v) is 18.7. The number of anilines is 1. The van der Waals surface area contributed by atoms with Crippen LogP contribution < -0.4 is 10.1 Å². The molecule has 0 bridgehead atoms. The number of likely N-dealkylation sites (tertiary alicyclic amines) is 1. The third kappa shape index (κ3) is 4.04. The Hall–Kier alpha value is -3.09. The van der Waals surface area contributed by atoms with E-state index in [0.29, 0.717) is 22.0 Å². The molecular formula is C25H25ClN4O2. The number of halogens is 1. The topological polar surface area (TPSA) is 70.2 Å². The fourth-order valence-corrected chi connectivity index (χ4v) is 4.64. The lowest BCUT2D eigenvalue weighted by molar-refractivity contribution is -0.110. The molecule has 1 saturated heterocycles. The second kappa shape index (κ2) is 8.81. The number of amides is 1. The number of fused-ring (bicyclic) bond motifs is 1. The number of aromatic amines is 1. The number of H-pyrrole nitrogens is 1. The van der Waals surface area contributed by atoms with Gasteiger partial charge in [0.2, 0.25) is 0 Å². The summed E-state index contributed by atoms with van der Waals surface area (Å²) in [5.74, 6) is 1.22. The summed E-state index contributed by atoms with van der Waals surface area (Å²) >= 11 is 6.27. The van der Waals surface area contributed by atoms with Gasteiger partial charge >= 0.3 is 0 Å². The Kier molecular flexibility index (Phi) is 5.72. The average Bonchev–Trinajstić information content (AvgIpc) is 3.43. The Morgan fingerprint density at radius 1 is 1.22 bits per heavy atom. The number of imidazole rings is 1. The summed E-state index contributed by atoms with van der Waals surface area (Å²) in [6.07, 6.45) is 5.62. The number of hydrogen-bond acceptors (Lipinski definition) is 4. The van der Waals surface area contributed by atoms with Crippen molar-refractivity contribution >= 4 is 34.3 Å². The first-order valence-corrected chi connectivity index (χ1v) is 11.3. The summed E-state index contributed by atoms with van der Waals surface area (Å²) in [5, 5.41) is 3.58. The van der Waals surface area contributed by atoms with Crippen molar-refractivity contribution in [2.24, 2.45) is 0 Å². The van der Waals surface area contributed by atoms with Crippen LogP contribution in [0.3, 0.4) is 0 Å². The Labute approximate surface area is 192 Å². The molecule has 2 aliphatic rings. The predicted octanol–water partition coefficient (Wildman–Crippen LogP) is 4.84. The highest BCUT2D eigenvalue weighted by molar-refractivity contribution is 6.38. The second-order valence-electron chi connectivity index (χ2n) is 8.11. The summed E-state index contributed by atoms with van der Waals surface area (Å²) in [6.45, 7) is 5.37. The predicted molar refractivity (Wildman–Crippen MR) is 127 cm³/mol. The summed E-state index contributed by atoms with van der Waals surface area (Å²) in [6, 6.07) is 13.3. The highest BCUT2D eigenvalue weighted by atomic mass is 35.5. The number of hydrogen-bond donors (Lipinski definition) is 2. The standard InChI is InChI=1S/C25H25ClN4O2/c1-2-30-12-8-18(9-13-30)32-19-6-7-21-20(15-19)23(25(31)29-21)22(24-27-10-11-28-24)16-4-3-5-17(26)14-16/h3-7,10-11,14-15,18H,2,8-9,12-13H2,1H3,(H,27,28)(H,29,31). The van der Waals surface area contributed by atoms with Crippen LogP contribution in [0.4, 0.5) is 5.69 Å². The molecule has 0 unspecified atom stereocenters. The van der Waals surface area contributed by atoms with Gasteiger partial charge in [-0.2, -0.15) is 0 Å². The normalized spacial score (nSPS) is 18.4. The van der Waals surface area contributed by atoms with E-state index in [4.69, 9.17) is 16.3 Å². The van der Waals surface area contributed by atoms with E-state index < -0.39 is 0 Å². The number of nitrogens with zero attached hydrogens (tertiary/aromatic N) is 2. The van der Waals surface area contributed by atoms with Gasteiger partial charge in [0.05, 0.1) is 5.57 Å². The van der Waals surface area contributed by atoms with Crippen LogP contribution >= 0.6 is 11.6 Å². The Morgan fingerprint density at radius 2 is 2.06 bits per heavy atom. The Bertz CT molecular complexity index is 1160. The van der Waals surface area contributed by atoms with Crippen LogP contribution in [0, 0.1) is 0 Å². The van der Waals surface area contributed by atoms with Gasteiger partial charge in [-0.3, -0.25) is 4.79 Å². The average molecular weight is 449 g/mol. The van der Waals surface area contributed by atoms with Crippen LogP contribution in [-0.2, 0) is 4.79 Å². The highest BCUT2D eigenvalue weighted by Crippen LogP contribution is 2.41. The Balaban J connectivity index is 1.55. The molecule has 0 radical (unpaired) electrons. The first-order chi connectivity index (χ1) is 15.6. The van der Waals surface area contributed by atoms with Crippen LogP contribution in [0.1, 0.15) is 36.7 Å². The van der Waals surface area contributed by atoms with Crippen molar-refractivity contribution in [2.75, 3.05) is 25.0 Å². The van der Waals surface area contributed by atoms with Crippen LogP contribution in [0.15, 0.2) is 54.9 Å². The molecule has 1 fully saturated rings. The molecule has 2 aromatic carbocycles. The van der Waals surface area contributed by atoms with Gasteiger partial charge in [-0.25, -0.2) is 4.98 Å². The molecule has 7 heteroatoms. The zero-order valence-electron chi connectivity index (χ0n) is 17.9. The molecule has 32 heavy (non-hydrogen) atoms. The van der Waals surface area contributed by atoms with Crippen LogP contribution in [0.5, 0.6) is 5.75 Å². The third-order valence-electron chi connectivity index (χ3n) is 6.12. The number of carbonyl (C=O) groups excluding carboxylic acids is 1. The van der Waals surface area contributed by atoms with Gasteiger partial charge in [0.15, 0.2) is 0 Å². The van der Waals surface area contributed by atoms with Crippen molar-refractivity contribution in [2.45, 2.75) is 25.9 Å². The fraction of sp³-hybridized carbons (Fsp3) is 0.280. The van der Waals surface area contributed by atoms with Crippen molar-refractivity contribution in [3.8, 4) is 5.75 Å². The van der Waals surface area contributed by atoms with Crippen LogP contribution in [-0.4, -0.2) is 46.5 Å². The SMILES string of the molecule is CCN1CCC(Oc2ccc3c(c2)C(=C(c2cccc(Cl)c2)c2ncc[nH]2)C(=O)N3)CC1. The van der Waals surface area contributed by atoms with Crippen LogP contribution in [0.2, 0.25) is 5.02 Å². The molecule has 0 spiro atoms. The zero-order chi connectivity index (χ0) is 22.1. The van der Waals surface area contributed by atoms with E-state index >= 15 is 0 Å². The van der Waals surface area contributed by atoms with E-state index in [-0.39, 0.29) is 12.0 Å². The van der Waals surface area contributed by atoms with Crippen molar-refractivity contribution < 1.29 is 9.53 Å². The number of carbonyl (C=O) groups is 1. The maximum absolute atomic E-state index is 13.1. The molecule has 2 N–H and O–H groups in total. The van der Waals surface area contributed by atoms with E-state index in [0.717, 1.165) is 55.0 Å². The lowest BCUT2D eigenvalue weighted by atomic mass is 9.94. The first-order valence-electron chi connectivity index (χ1n) is 11.0. The van der Waals surface area contributed by atoms with Crippen molar-refractivity contribution in [1.29, 1.82) is 0 Å². The minimum atomic E-state index is -0.167. The molecule has 2 aliphatic heterocycles. The number of piperidine rings is 1. The van der Waals surface area contributed by atoms with Gasteiger partial charge in [0.25, 0.3) is 5.91 Å². The summed E-state index contributed by atoms with van der Waals surface area (Å²) in [4.78, 5) is 23.1. The molecule has 0 atom stereocenters. The quantitative estimate of drug-likeness (QED) is 0.548. The summed E-state index contributed by atoms with van der Waals surface area (Å²) in [7, 11) is 0. The molecule has 0 saturated carbocycles. The first kappa shape index (κ1) is 20.8. The third-order valence-corrected chi connectivity index (χ3v) is 6.35. The van der Waals surface area contributed by atoms with E-state index in [9.17, 15) is 4.79 Å². The monoisotopic (exact) mass is 448 g/mol. The number of aromatic nitrogens is 2. The molecule has 3 heterocycles. The van der Waals surface area contributed by atoms with Crippen molar-refractivity contribution in [3.63, 3.8) is 0 Å². The van der Waals surface area contributed by atoms with E-state index in [1.807, 2.05) is 42.5 Å². The highest BCUT2D eigenvalue weighted by Gasteiger charge is 2.30. The van der Waals surface area contributed by atoms with Crippen LogP contribution in [0.25, 0.3) is 11.1 Å². The molecule has 0 aliphatic carbocycles. The lowest BCUT2D eigenvalue weighted by Gasteiger charge is -2.31. The largest absolute Gasteiger partial charge is 0.490 e. The number of ether oxygens (including phenoxy) is 1. The van der Waals surface area contributed by atoms with E-state index in [1.165, 1.54) is 0 Å². The van der Waals surface area contributed by atoms with Gasteiger partial charge < -0.3 is 19.9 Å². The molecule has 5 rings (SSSR count). The van der Waals surface area contributed by atoms with Gasteiger partial charge in [-0.05, 0) is 55.3 Å². The smallest absolute Gasteiger partial charge is 0.257 e. The molecule has 1 amide bonds. The van der Waals surface area contributed by atoms with E-state index in [1.54, 1.807) is 12.4 Å². The van der Waals surface area contributed by atoms with E-state index in [2.05, 4.69) is 27.1 Å². The lowest BCUT2D eigenvalue weighted by Crippen LogP contribution is -2.37. The molecule has 6 nitrogen and oxygen atoms in total. The van der Waals surface area contributed by atoms with Gasteiger partial charge in [0, 0.05) is 47.3 Å². The van der Waals surface area contributed by atoms with Crippen molar-refractivity contribution in [3.05, 3.63) is 76.8 Å². The Morgan fingerprint density at radius 3 is 2.78 bits per heavy atom. The fourth-order valence-electron chi connectivity index (χ4n) is 4.45. The maximum atomic E-state index is 13.1. The minimum Gasteiger partial charge on any atom is -0.490 e. The van der Waals surface area contributed by atoms with Gasteiger partial charge in [-0.1, -0.05) is 30.7 Å². The molecular weight excluding hydrogens is 424 g/mol. The number of nitrogens with one attached hydrogen (secondary N) is 2. The summed E-state index contributed by atoms with van der Waals surface area (Å²) in [5.41, 5.74) is 3.67. The molecule has 1 aromatic heterocycles. The minimum absolute atomic E-state index is 0.167. The van der Waals surface area contributed by atoms with Crippen molar-refractivity contribution in [1.82, 2.24) is 14.9 Å². The number of rotatable bonds is 5. The molecule has 3 aromatic rings. The van der Waals surface area contributed by atoms with Gasteiger partial charge in [-0.15, -0.1) is 0 Å².